The molecule has 1 aromatic heterocycles. The van der Waals surface area contributed by atoms with E-state index in [2.05, 4.69) is 10.3 Å². The lowest BCUT2D eigenvalue weighted by Gasteiger charge is -2.22. The monoisotopic (exact) mass is 370 g/mol. The molecule has 2 rings (SSSR count). The quantitative estimate of drug-likeness (QED) is 0.754. The van der Waals surface area contributed by atoms with Crippen LogP contribution in [0.5, 0.6) is 0 Å². The molecule has 1 amide bonds. The number of halogens is 4. The molecular weight excluding hydrogens is 352 g/mol. The van der Waals surface area contributed by atoms with E-state index in [1.165, 1.54) is 43.6 Å². The van der Waals surface area contributed by atoms with E-state index in [0.29, 0.717) is 11.1 Å². The number of nitrogens with one attached hydrogen (secondary N) is 1. The second-order valence-corrected chi connectivity index (χ2v) is 5.55. The molecule has 0 radical (unpaired) electrons. The molecule has 1 N–H and O–H groups in total. The van der Waals surface area contributed by atoms with E-state index in [4.69, 9.17) is 4.74 Å². The van der Waals surface area contributed by atoms with Gasteiger partial charge in [0.25, 0.3) is 0 Å². The fourth-order valence-electron chi connectivity index (χ4n) is 2.42. The lowest BCUT2D eigenvalue weighted by Crippen LogP contribution is -2.32. The van der Waals surface area contributed by atoms with E-state index in [9.17, 15) is 22.4 Å². The van der Waals surface area contributed by atoms with Crippen molar-refractivity contribution in [3.05, 3.63) is 65.0 Å². The van der Waals surface area contributed by atoms with E-state index in [1.807, 2.05) is 0 Å². The molecule has 1 heterocycles. The van der Waals surface area contributed by atoms with Crippen molar-refractivity contribution < 1.29 is 27.1 Å². The van der Waals surface area contributed by atoms with Crippen LogP contribution in [0, 0.1) is 0 Å². The summed E-state index contributed by atoms with van der Waals surface area (Å²) in [6.45, 7) is -0.559. The molecule has 26 heavy (non-hydrogen) atoms. The highest BCUT2D eigenvalue weighted by atomic mass is 19.4. The van der Waals surface area contributed by atoms with Gasteiger partial charge in [0, 0.05) is 19.7 Å². The van der Waals surface area contributed by atoms with Crippen molar-refractivity contribution >= 4 is 5.91 Å². The minimum Gasteiger partial charge on any atom is -0.384 e. The van der Waals surface area contributed by atoms with Gasteiger partial charge in [-0.3, -0.25) is 9.78 Å². The Labute approximate surface area is 148 Å². The largest absolute Gasteiger partial charge is 0.418 e. The predicted molar refractivity (Wildman–Crippen MR) is 87.0 cm³/mol. The zero-order valence-electron chi connectivity index (χ0n) is 14.0. The number of pyridine rings is 1. The molecule has 0 aliphatic carbocycles. The Morgan fingerprint density at radius 2 is 1.92 bits per heavy atom. The van der Waals surface area contributed by atoms with E-state index >= 15 is 0 Å². The molecule has 0 aliphatic heterocycles. The Balaban J connectivity index is 2.45. The molecule has 0 saturated heterocycles. The van der Waals surface area contributed by atoms with Gasteiger partial charge in [-0.2, -0.15) is 13.2 Å². The number of carbonyl (C=O) groups is 1. The van der Waals surface area contributed by atoms with Crippen LogP contribution in [0.1, 0.15) is 34.8 Å². The fraction of sp³-hybridized carbons (Fsp3) is 0.333. The number of nitrogens with zero attached hydrogens (tertiary/aromatic N) is 1. The van der Waals surface area contributed by atoms with Crippen molar-refractivity contribution in [1.82, 2.24) is 10.3 Å². The van der Waals surface area contributed by atoms with E-state index in [1.54, 1.807) is 0 Å². The first-order chi connectivity index (χ1) is 12.4. The molecule has 0 saturated carbocycles. The average molecular weight is 370 g/mol. The maximum atomic E-state index is 13.4. The Morgan fingerprint density at radius 1 is 1.23 bits per heavy atom. The number of hydrogen-bond donors (Lipinski definition) is 1. The maximum Gasteiger partial charge on any atom is 0.418 e. The van der Waals surface area contributed by atoms with Gasteiger partial charge in [-0.05, 0) is 23.3 Å². The Bertz CT molecular complexity index is 733. The minimum absolute atomic E-state index is 0.0102. The van der Waals surface area contributed by atoms with Crippen LogP contribution < -0.4 is 5.32 Å². The van der Waals surface area contributed by atoms with Crippen molar-refractivity contribution in [2.75, 3.05) is 13.7 Å². The van der Waals surface area contributed by atoms with Crippen LogP contribution in [0.2, 0.25) is 0 Å². The normalized spacial score (nSPS) is 12.7. The first-order valence-corrected chi connectivity index (χ1v) is 7.82. The molecule has 2 aromatic rings. The van der Waals surface area contributed by atoms with Gasteiger partial charge in [-0.15, -0.1) is 0 Å². The summed E-state index contributed by atoms with van der Waals surface area (Å²) in [6, 6.07) is 6.84. The van der Waals surface area contributed by atoms with E-state index in [0.717, 1.165) is 6.07 Å². The number of amides is 1. The zero-order chi connectivity index (χ0) is 19.2. The molecule has 1 atom stereocenters. The van der Waals surface area contributed by atoms with Crippen molar-refractivity contribution in [3.8, 4) is 0 Å². The van der Waals surface area contributed by atoms with Crippen LogP contribution in [-0.2, 0) is 22.4 Å². The number of carbonyl (C=O) groups excluding carboxylic acids is 1. The van der Waals surface area contributed by atoms with Crippen LogP contribution in [-0.4, -0.2) is 24.6 Å². The number of hydrogen-bond acceptors (Lipinski definition) is 3. The van der Waals surface area contributed by atoms with Gasteiger partial charge in [0.2, 0.25) is 5.91 Å². The van der Waals surface area contributed by atoms with Crippen LogP contribution in [0.15, 0.2) is 42.6 Å². The van der Waals surface area contributed by atoms with Gasteiger partial charge in [0.05, 0.1) is 23.9 Å². The lowest BCUT2D eigenvalue weighted by molar-refractivity contribution is -0.139. The maximum absolute atomic E-state index is 13.4. The SMILES string of the molecule is COCCC(=O)N[C@@H](c1ccc(CF)cc1)c1ncccc1C(F)(F)F. The van der Waals surface area contributed by atoms with Gasteiger partial charge in [0.1, 0.15) is 6.67 Å². The molecular formula is C18H18F4N2O2. The Morgan fingerprint density at radius 3 is 2.50 bits per heavy atom. The topological polar surface area (TPSA) is 51.2 Å². The zero-order valence-corrected chi connectivity index (χ0v) is 14.0. The standard InChI is InChI=1S/C18H18F4N2O2/c1-26-10-8-15(25)24-16(13-6-4-12(11-19)5-7-13)17-14(18(20,21)22)3-2-9-23-17/h2-7,9,16H,8,10-11H2,1H3,(H,24,25)/t16-/m0/s1. The van der Waals surface area contributed by atoms with Gasteiger partial charge in [-0.1, -0.05) is 24.3 Å². The second-order valence-electron chi connectivity index (χ2n) is 5.55. The molecule has 0 spiro atoms. The molecule has 0 aliphatic rings. The first kappa shape index (κ1) is 19.8. The summed E-state index contributed by atoms with van der Waals surface area (Å²) in [4.78, 5) is 15.9. The summed E-state index contributed by atoms with van der Waals surface area (Å²) in [7, 11) is 1.42. The average Bonchev–Trinajstić information content (AvgIpc) is 2.64. The van der Waals surface area contributed by atoms with E-state index in [-0.39, 0.29) is 18.7 Å². The predicted octanol–water partition coefficient (Wildman–Crippen LogP) is 3.81. The third-order valence-corrected chi connectivity index (χ3v) is 3.72. The van der Waals surface area contributed by atoms with Crippen molar-refractivity contribution in [1.29, 1.82) is 0 Å². The molecule has 1 aromatic carbocycles. The molecule has 8 heteroatoms. The highest BCUT2D eigenvalue weighted by molar-refractivity contribution is 5.77. The van der Waals surface area contributed by atoms with Gasteiger partial charge < -0.3 is 10.1 Å². The summed E-state index contributed by atoms with van der Waals surface area (Å²) >= 11 is 0. The van der Waals surface area contributed by atoms with Gasteiger partial charge >= 0.3 is 6.18 Å². The summed E-state index contributed by atoms with van der Waals surface area (Å²) in [6.07, 6.45) is -3.41. The van der Waals surface area contributed by atoms with Crippen molar-refractivity contribution in [2.45, 2.75) is 25.3 Å². The molecule has 140 valence electrons. The summed E-state index contributed by atoms with van der Waals surface area (Å²) in [5.74, 6) is -0.481. The second kappa shape index (κ2) is 8.75. The van der Waals surface area contributed by atoms with Crippen molar-refractivity contribution in [3.63, 3.8) is 0 Å². The highest BCUT2D eigenvalue weighted by Gasteiger charge is 2.36. The molecule has 0 fully saturated rings. The smallest absolute Gasteiger partial charge is 0.384 e. The van der Waals surface area contributed by atoms with Crippen LogP contribution in [0.4, 0.5) is 17.6 Å². The van der Waals surface area contributed by atoms with Crippen LogP contribution in [0.25, 0.3) is 0 Å². The van der Waals surface area contributed by atoms with E-state index < -0.39 is 30.4 Å². The number of ether oxygens (including phenoxy) is 1. The van der Waals surface area contributed by atoms with Crippen LogP contribution in [0.3, 0.4) is 0 Å². The number of methoxy groups -OCH3 is 1. The van der Waals surface area contributed by atoms with Crippen LogP contribution >= 0.6 is 0 Å². The number of alkyl halides is 4. The molecule has 0 unspecified atom stereocenters. The number of benzene rings is 1. The summed E-state index contributed by atoms with van der Waals surface area (Å²) < 4.78 is 57.6. The van der Waals surface area contributed by atoms with Gasteiger partial charge in [0.15, 0.2) is 0 Å². The third-order valence-electron chi connectivity index (χ3n) is 3.72. The molecule has 0 bridgehead atoms. The number of rotatable bonds is 7. The minimum atomic E-state index is -4.63. The fourth-order valence-corrected chi connectivity index (χ4v) is 2.42. The molecule has 4 nitrogen and oxygen atoms in total. The first-order valence-electron chi connectivity index (χ1n) is 7.82. The Hall–Kier alpha value is -2.48. The number of aromatic nitrogens is 1. The lowest BCUT2D eigenvalue weighted by atomic mass is 9.97. The summed E-state index contributed by atoms with van der Waals surface area (Å²) in [5.41, 5.74) is -0.502. The third kappa shape index (κ3) is 5.01. The summed E-state index contributed by atoms with van der Waals surface area (Å²) in [5, 5.41) is 2.56. The van der Waals surface area contributed by atoms with Crippen molar-refractivity contribution in [2.24, 2.45) is 0 Å². The van der Waals surface area contributed by atoms with Gasteiger partial charge in [-0.25, -0.2) is 4.39 Å². The highest BCUT2D eigenvalue weighted by Crippen LogP contribution is 2.35. The Kier molecular flexibility index (Phi) is 6.68.